The van der Waals surface area contributed by atoms with Crippen LogP contribution in [0.5, 0.6) is 0 Å². The lowest BCUT2D eigenvalue weighted by Gasteiger charge is -2.30. The van der Waals surface area contributed by atoms with E-state index in [0.717, 1.165) is 50.3 Å². The van der Waals surface area contributed by atoms with Crippen LogP contribution in [0.3, 0.4) is 0 Å². The highest BCUT2D eigenvalue weighted by molar-refractivity contribution is 5.87. The van der Waals surface area contributed by atoms with Gasteiger partial charge in [0, 0.05) is 18.5 Å². The summed E-state index contributed by atoms with van der Waals surface area (Å²) >= 11 is 0. The summed E-state index contributed by atoms with van der Waals surface area (Å²) < 4.78 is 2.09. The number of nitrogens with two attached hydrogens (primary N) is 1. The fourth-order valence-corrected chi connectivity index (χ4v) is 3.36. The van der Waals surface area contributed by atoms with Crippen molar-refractivity contribution in [2.75, 3.05) is 20.1 Å². The van der Waals surface area contributed by atoms with Gasteiger partial charge in [-0.1, -0.05) is 0 Å². The van der Waals surface area contributed by atoms with E-state index < -0.39 is 5.97 Å². The molecule has 6 heteroatoms. The highest BCUT2D eigenvalue weighted by atomic mass is 16.4. The standard InChI is InChI=1S/C14H22N4O2/c1-17-6-4-9(5-7-17)13-16-12(14(19)20)11-3-2-10(15)8-18(11)13/h9-10H,2-8,15H2,1H3,(H,19,20). The maximum Gasteiger partial charge on any atom is 0.356 e. The SMILES string of the molecule is CN1CCC(c2nc(C(=O)O)c3n2CC(N)CC3)CC1. The zero-order valence-electron chi connectivity index (χ0n) is 11.9. The van der Waals surface area contributed by atoms with Crippen LogP contribution in [0.15, 0.2) is 0 Å². The molecule has 0 amide bonds. The molecular formula is C14H22N4O2. The number of carboxylic acids is 1. The van der Waals surface area contributed by atoms with Gasteiger partial charge in [-0.05, 0) is 45.8 Å². The minimum atomic E-state index is -0.914. The van der Waals surface area contributed by atoms with E-state index in [9.17, 15) is 9.90 Å². The van der Waals surface area contributed by atoms with Gasteiger partial charge in [0.15, 0.2) is 5.69 Å². The molecule has 3 rings (SSSR count). The van der Waals surface area contributed by atoms with Crippen LogP contribution in [0.2, 0.25) is 0 Å². The van der Waals surface area contributed by atoms with Gasteiger partial charge in [0.2, 0.25) is 0 Å². The highest BCUT2D eigenvalue weighted by Crippen LogP contribution is 2.31. The first kappa shape index (κ1) is 13.6. The van der Waals surface area contributed by atoms with Crippen molar-refractivity contribution in [2.45, 2.75) is 44.2 Å². The molecule has 0 bridgehead atoms. The predicted molar refractivity (Wildman–Crippen MR) is 75.0 cm³/mol. The fourth-order valence-electron chi connectivity index (χ4n) is 3.36. The zero-order valence-corrected chi connectivity index (χ0v) is 11.9. The van der Waals surface area contributed by atoms with Crippen molar-refractivity contribution in [1.82, 2.24) is 14.5 Å². The Bertz CT molecular complexity index is 517. The Morgan fingerprint density at radius 1 is 1.35 bits per heavy atom. The molecule has 1 saturated heterocycles. The second-order valence-corrected chi connectivity index (χ2v) is 6.06. The van der Waals surface area contributed by atoms with E-state index >= 15 is 0 Å². The molecule has 2 aliphatic heterocycles. The molecule has 1 aromatic heterocycles. The molecule has 0 aromatic carbocycles. The molecule has 2 aliphatic rings. The molecule has 1 aromatic rings. The van der Waals surface area contributed by atoms with Gasteiger partial charge in [0.1, 0.15) is 5.82 Å². The van der Waals surface area contributed by atoms with Crippen LogP contribution in [-0.4, -0.2) is 51.7 Å². The van der Waals surface area contributed by atoms with Gasteiger partial charge in [0.05, 0.1) is 5.69 Å². The Labute approximate surface area is 118 Å². The van der Waals surface area contributed by atoms with Crippen molar-refractivity contribution < 1.29 is 9.90 Å². The van der Waals surface area contributed by atoms with Crippen molar-refractivity contribution in [2.24, 2.45) is 5.73 Å². The van der Waals surface area contributed by atoms with Crippen molar-refractivity contribution in [3.8, 4) is 0 Å². The maximum absolute atomic E-state index is 11.4. The Morgan fingerprint density at radius 2 is 2.05 bits per heavy atom. The van der Waals surface area contributed by atoms with Crippen LogP contribution in [-0.2, 0) is 13.0 Å². The lowest BCUT2D eigenvalue weighted by molar-refractivity contribution is 0.0689. The number of hydrogen-bond donors (Lipinski definition) is 2. The number of nitrogens with zero attached hydrogens (tertiary/aromatic N) is 3. The largest absolute Gasteiger partial charge is 0.476 e. The summed E-state index contributed by atoms with van der Waals surface area (Å²) in [6, 6.07) is 0.114. The van der Waals surface area contributed by atoms with Crippen molar-refractivity contribution >= 4 is 5.97 Å². The third kappa shape index (κ3) is 2.33. The van der Waals surface area contributed by atoms with E-state index in [1.165, 1.54) is 0 Å². The molecule has 0 radical (unpaired) electrons. The Kier molecular flexibility index (Phi) is 3.52. The highest BCUT2D eigenvalue weighted by Gasteiger charge is 2.31. The summed E-state index contributed by atoms with van der Waals surface area (Å²) in [5.41, 5.74) is 7.16. The molecule has 20 heavy (non-hydrogen) atoms. The van der Waals surface area contributed by atoms with Crippen molar-refractivity contribution in [3.63, 3.8) is 0 Å². The van der Waals surface area contributed by atoms with E-state index in [1.807, 2.05) is 0 Å². The van der Waals surface area contributed by atoms with E-state index in [-0.39, 0.29) is 11.7 Å². The van der Waals surface area contributed by atoms with Gasteiger partial charge in [-0.3, -0.25) is 0 Å². The number of imidazole rings is 1. The molecule has 0 saturated carbocycles. The number of aromatic nitrogens is 2. The Morgan fingerprint density at radius 3 is 2.70 bits per heavy atom. The fraction of sp³-hybridized carbons (Fsp3) is 0.714. The van der Waals surface area contributed by atoms with Gasteiger partial charge >= 0.3 is 5.97 Å². The lowest BCUT2D eigenvalue weighted by Crippen LogP contribution is -2.35. The number of carboxylic acid groups (broad SMARTS) is 1. The number of piperidine rings is 1. The predicted octanol–water partition coefficient (Wildman–Crippen LogP) is 0.664. The zero-order chi connectivity index (χ0) is 14.3. The number of likely N-dealkylation sites (tertiary alicyclic amines) is 1. The molecule has 3 N–H and O–H groups in total. The summed E-state index contributed by atoms with van der Waals surface area (Å²) in [5.74, 6) is 0.396. The summed E-state index contributed by atoms with van der Waals surface area (Å²) in [4.78, 5) is 18.2. The smallest absolute Gasteiger partial charge is 0.356 e. The lowest BCUT2D eigenvalue weighted by atomic mass is 9.95. The first-order valence-electron chi connectivity index (χ1n) is 7.33. The molecule has 1 atom stereocenters. The van der Waals surface area contributed by atoms with Crippen LogP contribution in [0.4, 0.5) is 0 Å². The molecule has 3 heterocycles. The molecule has 110 valence electrons. The maximum atomic E-state index is 11.4. The van der Waals surface area contributed by atoms with Gasteiger partial charge in [-0.15, -0.1) is 0 Å². The molecule has 0 spiro atoms. The van der Waals surface area contributed by atoms with Crippen molar-refractivity contribution in [3.05, 3.63) is 17.2 Å². The summed E-state index contributed by atoms with van der Waals surface area (Å²) in [6.07, 6.45) is 3.66. The summed E-state index contributed by atoms with van der Waals surface area (Å²) in [5, 5.41) is 9.35. The minimum absolute atomic E-state index is 0.114. The first-order chi connectivity index (χ1) is 9.56. The topological polar surface area (TPSA) is 84.4 Å². The van der Waals surface area contributed by atoms with Crippen molar-refractivity contribution in [1.29, 1.82) is 0 Å². The number of rotatable bonds is 2. The first-order valence-corrected chi connectivity index (χ1v) is 7.33. The summed E-state index contributed by atoms with van der Waals surface area (Å²) in [6.45, 7) is 2.79. The Hall–Kier alpha value is -1.40. The number of fused-ring (bicyclic) bond motifs is 1. The van der Waals surface area contributed by atoms with Gasteiger partial charge in [-0.25, -0.2) is 9.78 Å². The van der Waals surface area contributed by atoms with Gasteiger partial charge in [0.25, 0.3) is 0 Å². The number of carbonyl (C=O) groups is 1. The molecule has 1 fully saturated rings. The average molecular weight is 278 g/mol. The van der Waals surface area contributed by atoms with Gasteiger partial charge in [-0.2, -0.15) is 0 Å². The van der Waals surface area contributed by atoms with Crippen LogP contribution in [0.25, 0.3) is 0 Å². The van der Waals surface area contributed by atoms with Crippen LogP contribution in [0.1, 0.15) is 47.2 Å². The molecule has 1 unspecified atom stereocenters. The quantitative estimate of drug-likeness (QED) is 0.830. The average Bonchev–Trinajstić information content (AvgIpc) is 2.78. The number of hydrogen-bond acceptors (Lipinski definition) is 4. The van der Waals surface area contributed by atoms with Crippen LogP contribution < -0.4 is 5.73 Å². The number of aromatic carboxylic acids is 1. The van der Waals surface area contributed by atoms with E-state index in [2.05, 4.69) is 21.5 Å². The summed E-state index contributed by atoms with van der Waals surface area (Å²) in [7, 11) is 2.12. The minimum Gasteiger partial charge on any atom is -0.476 e. The monoisotopic (exact) mass is 278 g/mol. The Balaban J connectivity index is 1.96. The van der Waals surface area contributed by atoms with Gasteiger partial charge < -0.3 is 20.3 Å². The third-order valence-electron chi connectivity index (χ3n) is 4.56. The normalized spacial score (nSPS) is 24.6. The molecule has 6 nitrogen and oxygen atoms in total. The van der Waals surface area contributed by atoms with Crippen LogP contribution >= 0.6 is 0 Å². The molecular weight excluding hydrogens is 256 g/mol. The van der Waals surface area contributed by atoms with E-state index in [4.69, 9.17) is 5.73 Å². The van der Waals surface area contributed by atoms with E-state index in [1.54, 1.807) is 0 Å². The second kappa shape index (κ2) is 5.18. The second-order valence-electron chi connectivity index (χ2n) is 6.06. The van der Waals surface area contributed by atoms with Crippen LogP contribution in [0, 0.1) is 0 Å². The van der Waals surface area contributed by atoms with E-state index in [0.29, 0.717) is 12.5 Å². The third-order valence-corrected chi connectivity index (χ3v) is 4.56. The molecule has 0 aliphatic carbocycles.